The van der Waals surface area contributed by atoms with E-state index in [0.29, 0.717) is 5.56 Å². The number of carboxylic acids is 1. The Morgan fingerprint density at radius 3 is 2.40 bits per heavy atom. The third kappa shape index (κ3) is 4.53. The Labute approximate surface area is 176 Å². The molecule has 1 amide bonds. The number of nitrogens with zero attached hydrogens (tertiary/aromatic N) is 2. The monoisotopic (exact) mass is 420 g/mol. The van der Waals surface area contributed by atoms with Crippen molar-refractivity contribution in [2.45, 2.75) is 77.5 Å². The molecule has 1 atom stereocenters. The van der Waals surface area contributed by atoms with Crippen LogP contribution in [0.4, 0.5) is 4.79 Å². The number of likely N-dealkylation sites (tertiary alicyclic amines) is 1. The predicted molar refractivity (Wildman–Crippen MR) is 111 cm³/mol. The highest BCUT2D eigenvalue weighted by Crippen LogP contribution is 2.42. The van der Waals surface area contributed by atoms with Crippen LogP contribution in [0.1, 0.15) is 75.7 Å². The second kappa shape index (κ2) is 7.41. The smallest absolute Gasteiger partial charge is 0.410 e. The van der Waals surface area contributed by atoms with E-state index >= 15 is 0 Å². The van der Waals surface area contributed by atoms with Gasteiger partial charge in [0.15, 0.2) is 0 Å². The summed E-state index contributed by atoms with van der Waals surface area (Å²) in [5, 5.41) is 21.0. The van der Waals surface area contributed by atoms with E-state index in [0.717, 1.165) is 12.8 Å². The average Bonchev–Trinajstić information content (AvgIpc) is 3.42. The van der Waals surface area contributed by atoms with Crippen molar-refractivity contribution < 1.29 is 24.5 Å². The average molecular weight is 421 g/mol. The minimum absolute atomic E-state index is 0.0355. The van der Waals surface area contributed by atoms with Crippen LogP contribution in [0.25, 0.3) is 0 Å². The first kappa shape index (κ1) is 22.3. The van der Waals surface area contributed by atoms with E-state index in [1.807, 2.05) is 13.8 Å². The maximum Gasteiger partial charge on any atom is 0.410 e. The normalized spacial score (nSPS) is 23.9. The third-order valence-electron chi connectivity index (χ3n) is 6.13. The molecule has 0 spiro atoms. The van der Waals surface area contributed by atoms with Gasteiger partial charge in [0.1, 0.15) is 5.60 Å². The Morgan fingerprint density at radius 1 is 1.27 bits per heavy atom. The van der Waals surface area contributed by atoms with Crippen molar-refractivity contribution in [3.8, 4) is 0 Å². The number of piperidine rings is 1. The van der Waals surface area contributed by atoms with Gasteiger partial charge in [-0.3, -0.25) is 4.79 Å². The van der Waals surface area contributed by atoms with Crippen molar-refractivity contribution in [2.75, 3.05) is 13.1 Å². The fourth-order valence-corrected chi connectivity index (χ4v) is 4.04. The Kier molecular flexibility index (Phi) is 5.52. The van der Waals surface area contributed by atoms with Crippen LogP contribution in [0.3, 0.4) is 0 Å². The summed E-state index contributed by atoms with van der Waals surface area (Å²) in [5.41, 5.74) is -2.26. The molecule has 1 aliphatic heterocycles. The number of aliphatic hydroxyl groups is 1. The standard InChI is InChI=1S/C22H32N2O6/c1-20(2,3)30-19(28)23-9-8-22(29,21(4,5)12-23)13-24-11-16(18(26)27)15(10-17(24)25)14-6-7-14/h10-11,14,29H,6-9,12-13H2,1-5H3,(H,26,27). The van der Waals surface area contributed by atoms with E-state index in [1.54, 1.807) is 25.7 Å². The number of aromatic nitrogens is 1. The molecule has 1 aliphatic carbocycles. The van der Waals surface area contributed by atoms with E-state index in [-0.39, 0.29) is 43.1 Å². The molecule has 166 valence electrons. The highest BCUT2D eigenvalue weighted by Gasteiger charge is 2.49. The number of pyridine rings is 1. The molecule has 30 heavy (non-hydrogen) atoms. The van der Waals surface area contributed by atoms with Gasteiger partial charge >= 0.3 is 12.1 Å². The van der Waals surface area contributed by atoms with Crippen LogP contribution in [0.15, 0.2) is 17.1 Å². The summed E-state index contributed by atoms with van der Waals surface area (Å²) in [6.07, 6.45) is 2.95. The molecule has 0 bridgehead atoms. The molecule has 1 saturated heterocycles. The topological polar surface area (TPSA) is 109 Å². The van der Waals surface area contributed by atoms with E-state index in [9.17, 15) is 24.6 Å². The van der Waals surface area contributed by atoms with Crippen LogP contribution in [0.5, 0.6) is 0 Å². The fourth-order valence-electron chi connectivity index (χ4n) is 4.04. The zero-order chi connectivity index (χ0) is 22.5. The Bertz CT molecular complexity index is 909. The van der Waals surface area contributed by atoms with Crippen molar-refractivity contribution in [3.05, 3.63) is 33.7 Å². The van der Waals surface area contributed by atoms with Gasteiger partial charge in [0.05, 0.1) is 17.7 Å². The molecule has 8 heteroatoms. The summed E-state index contributed by atoms with van der Waals surface area (Å²) in [4.78, 5) is 38.4. The predicted octanol–water partition coefficient (Wildman–Crippen LogP) is 2.82. The molecule has 2 N–H and O–H groups in total. The van der Waals surface area contributed by atoms with Crippen molar-refractivity contribution in [2.24, 2.45) is 5.41 Å². The minimum atomic E-state index is -1.29. The molecule has 1 aromatic heterocycles. The second-order valence-electron chi connectivity index (χ2n) is 10.3. The summed E-state index contributed by atoms with van der Waals surface area (Å²) >= 11 is 0. The molecule has 0 radical (unpaired) electrons. The van der Waals surface area contributed by atoms with Crippen LogP contribution in [0, 0.1) is 5.41 Å². The van der Waals surface area contributed by atoms with Gasteiger partial charge in [0, 0.05) is 30.8 Å². The van der Waals surface area contributed by atoms with Gasteiger partial charge in [-0.05, 0) is 51.5 Å². The van der Waals surface area contributed by atoms with Gasteiger partial charge in [0.2, 0.25) is 0 Å². The lowest BCUT2D eigenvalue weighted by molar-refractivity contribution is -0.126. The molecule has 1 unspecified atom stereocenters. The van der Waals surface area contributed by atoms with Crippen molar-refractivity contribution in [1.82, 2.24) is 9.47 Å². The van der Waals surface area contributed by atoms with E-state index < -0.39 is 28.7 Å². The molecular formula is C22H32N2O6. The van der Waals surface area contributed by atoms with E-state index in [4.69, 9.17) is 4.74 Å². The van der Waals surface area contributed by atoms with Gasteiger partial charge in [-0.1, -0.05) is 13.8 Å². The molecule has 2 fully saturated rings. The zero-order valence-electron chi connectivity index (χ0n) is 18.4. The maximum atomic E-state index is 12.7. The number of rotatable bonds is 4. The number of ether oxygens (including phenoxy) is 1. The summed E-state index contributed by atoms with van der Waals surface area (Å²) < 4.78 is 6.74. The summed E-state index contributed by atoms with van der Waals surface area (Å²) in [6, 6.07) is 1.40. The molecule has 3 rings (SSSR count). The van der Waals surface area contributed by atoms with Crippen molar-refractivity contribution in [1.29, 1.82) is 0 Å². The van der Waals surface area contributed by atoms with Gasteiger partial charge < -0.3 is 24.4 Å². The minimum Gasteiger partial charge on any atom is -0.478 e. The number of hydrogen-bond acceptors (Lipinski definition) is 5. The molecule has 2 aliphatic rings. The Balaban J connectivity index is 1.83. The molecule has 0 aromatic carbocycles. The van der Waals surface area contributed by atoms with Crippen LogP contribution in [-0.4, -0.2) is 56.0 Å². The first-order valence-electron chi connectivity index (χ1n) is 10.4. The summed E-state index contributed by atoms with van der Waals surface area (Å²) in [6.45, 7) is 9.59. The molecule has 1 aromatic rings. The van der Waals surface area contributed by atoms with Gasteiger partial charge in [-0.2, -0.15) is 0 Å². The maximum absolute atomic E-state index is 12.7. The lowest BCUT2D eigenvalue weighted by Crippen LogP contribution is -2.61. The van der Waals surface area contributed by atoms with Crippen LogP contribution in [-0.2, 0) is 11.3 Å². The number of carbonyl (C=O) groups excluding carboxylic acids is 1. The largest absolute Gasteiger partial charge is 0.478 e. The van der Waals surface area contributed by atoms with E-state index in [1.165, 1.54) is 16.8 Å². The summed E-state index contributed by atoms with van der Waals surface area (Å²) in [5.74, 6) is -0.938. The van der Waals surface area contributed by atoms with Crippen molar-refractivity contribution in [3.63, 3.8) is 0 Å². The summed E-state index contributed by atoms with van der Waals surface area (Å²) in [7, 11) is 0. The SMILES string of the molecule is CC(C)(C)OC(=O)N1CCC(O)(Cn2cc(C(=O)O)c(C3CC3)cc2=O)C(C)(C)C1. The van der Waals surface area contributed by atoms with Gasteiger partial charge in [0.25, 0.3) is 5.56 Å². The van der Waals surface area contributed by atoms with Crippen LogP contribution in [0.2, 0.25) is 0 Å². The van der Waals surface area contributed by atoms with Gasteiger partial charge in [-0.25, -0.2) is 9.59 Å². The third-order valence-corrected chi connectivity index (χ3v) is 6.13. The highest BCUT2D eigenvalue weighted by molar-refractivity contribution is 5.89. The van der Waals surface area contributed by atoms with Crippen LogP contribution < -0.4 is 5.56 Å². The van der Waals surface area contributed by atoms with Gasteiger partial charge in [-0.15, -0.1) is 0 Å². The Morgan fingerprint density at radius 2 is 1.90 bits per heavy atom. The molecular weight excluding hydrogens is 388 g/mol. The number of carboxylic acid groups (broad SMARTS) is 1. The highest BCUT2D eigenvalue weighted by atomic mass is 16.6. The first-order chi connectivity index (χ1) is 13.7. The first-order valence-corrected chi connectivity index (χ1v) is 10.4. The molecule has 1 saturated carbocycles. The van der Waals surface area contributed by atoms with Crippen LogP contribution >= 0.6 is 0 Å². The number of amides is 1. The number of aromatic carboxylic acids is 1. The zero-order valence-corrected chi connectivity index (χ0v) is 18.4. The quantitative estimate of drug-likeness (QED) is 0.775. The lowest BCUT2D eigenvalue weighted by Gasteiger charge is -2.50. The molecule has 8 nitrogen and oxygen atoms in total. The lowest BCUT2D eigenvalue weighted by atomic mass is 9.70. The van der Waals surface area contributed by atoms with E-state index in [2.05, 4.69) is 0 Å². The van der Waals surface area contributed by atoms with Crippen molar-refractivity contribution >= 4 is 12.1 Å². The fraction of sp³-hybridized carbons (Fsp3) is 0.682. The Hall–Kier alpha value is -2.35. The second-order valence-corrected chi connectivity index (χ2v) is 10.3. The number of hydrogen-bond donors (Lipinski definition) is 2. The molecule has 2 heterocycles. The number of carbonyl (C=O) groups is 2.